The normalized spacial score (nSPS) is 12.5. The molecule has 0 unspecified atom stereocenters. The van der Waals surface area contributed by atoms with Crippen molar-refractivity contribution in [1.29, 1.82) is 0 Å². The lowest BCUT2D eigenvalue weighted by Crippen LogP contribution is -2.18. The number of phenols is 1. The minimum absolute atomic E-state index is 0.0149. The highest BCUT2D eigenvalue weighted by Crippen LogP contribution is 2.38. The zero-order valence-electron chi connectivity index (χ0n) is 19.4. The van der Waals surface area contributed by atoms with E-state index in [0.29, 0.717) is 25.2 Å². The van der Waals surface area contributed by atoms with Crippen LogP contribution < -0.4 is 0 Å². The molecular weight excluding hydrogens is 348 g/mol. The minimum atomic E-state index is -0.179. The van der Waals surface area contributed by atoms with Gasteiger partial charge in [-0.15, -0.1) is 0 Å². The van der Waals surface area contributed by atoms with Gasteiger partial charge in [0.1, 0.15) is 5.75 Å². The summed E-state index contributed by atoms with van der Waals surface area (Å²) in [6, 6.07) is 4.15. The molecular formula is C25H42O3. The zero-order chi connectivity index (χ0) is 21.5. The maximum Gasteiger partial charge on any atom is 0.306 e. The maximum atomic E-state index is 12.1. The van der Waals surface area contributed by atoms with Crippen molar-refractivity contribution in [1.82, 2.24) is 0 Å². The van der Waals surface area contributed by atoms with Crippen molar-refractivity contribution >= 4 is 5.97 Å². The monoisotopic (exact) mass is 390 g/mol. The van der Waals surface area contributed by atoms with Crippen molar-refractivity contribution in [2.75, 3.05) is 6.61 Å². The van der Waals surface area contributed by atoms with Crippen LogP contribution in [-0.4, -0.2) is 17.7 Å². The molecule has 28 heavy (non-hydrogen) atoms. The Morgan fingerprint density at radius 1 is 1.00 bits per heavy atom. The van der Waals surface area contributed by atoms with Crippen LogP contribution in [0.3, 0.4) is 0 Å². The topological polar surface area (TPSA) is 46.5 Å². The standard InChI is InChI=1S/C25H42O3/c1-18(2)12-10-9-11-15-28-22(26)14-13-19-16-20(24(3,4)5)17-21(23(19)27)25(6,7)8/h16-18,27H,9-15H2,1-8H3. The fraction of sp³-hybridized carbons (Fsp3) is 0.720. The number of phenolic OH excluding ortho intramolecular Hbond substituents is 1. The van der Waals surface area contributed by atoms with Gasteiger partial charge >= 0.3 is 5.97 Å². The third kappa shape index (κ3) is 8.24. The smallest absolute Gasteiger partial charge is 0.306 e. The quantitative estimate of drug-likeness (QED) is 0.378. The van der Waals surface area contributed by atoms with E-state index in [1.54, 1.807) is 0 Å². The molecule has 0 amide bonds. The summed E-state index contributed by atoms with van der Waals surface area (Å²) >= 11 is 0. The number of rotatable bonds is 9. The molecule has 0 aliphatic carbocycles. The van der Waals surface area contributed by atoms with Crippen LogP contribution in [0.4, 0.5) is 0 Å². The van der Waals surface area contributed by atoms with Gasteiger partial charge in [0.2, 0.25) is 0 Å². The Bertz CT molecular complexity index is 630. The Kier molecular flexibility index (Phi) is 9.04. The Morgan fingerprint density at radius 2 is 1.64 bits per heavy atom. The van der Waals surface area contributed by atoms with Crippen LogP contribution in [0, 0.1) is 5.92 Å². The average molecular weight is 391 g/mol. The van der Waals surface area contributed by atoms with Crippen molar-refractivity contribution in [2.45, 2.75) is 105 Å². The number of aromatic hydroxyl groups is 1. The van der Waals surface area contributed by atoms with E-state index in [1.807, 2.05) is 6.07 Å². The summed E-state index contributed by atoms with van der Waals surface area (Å²) in [5.74, 6) is 0.876. The van der Waals surface area contributed by atoms with Gasteiger partial charge in [-0.3, -0.25) is 4.79 Å². The first-order chi connectivity index (χ1) is 12.8. The second-order valence-electron chi connectivity index (χ2n) is 10.5. The molecule has 1 aromatic rings. The maximum absolute atomic E-state index is 12.1. The van der Waals surface area contributed by atoms with Gasteiger partial charge < -0.3 is 9.84 Å². The predicted molar refractivity (Wildman–Crippen MR) is 118 cm³/mol. The molecule has 3 nitrogen and oxygen atoms in total. The molecule has 0 aromatic heterocycles. The number of unbranched alkanes of at least 4 members (excludes halogenated alkanes) is 2. The van der Waals surface area contributed by atoms with Gasteiger partial charge in [0.15, 0.2) is 0 Å². The number of aryl methyl sites for hydroxylation is 1. The van der Waals surface area contributed by atoms with Gasteiger partial charge in [-0.25, -0.2) is 0 Å². The molecule has 1 aromatic carbocycles. The van der Waals surface area contributed by atoms with Crippen LogP contribution in [0.5, 0.6) is 5.75 Å². The Balaban J connectivity index is 2.69. The van der Waals surface area contributed by atoms with Crippen molar-refractivity contribution in [2.24, 2.45) is 5.92 Å². The van der Waals surface area contributed by atoms with Crippen LogP contribution in [0.1, 0.15) is 104 Å². The molecule has 0 radical (unpaired) electrons. The van der Waals surface area contributed by atoms with Crippen LogP contribution in [0.25, 0.3) is 0 Å². The molecule has 0 saturated carbocycles. The van der Waals surface area contributed by atoms with E-state index in [4.69, 9.17) is 4.74 Å². The second kappa shape index (κ2) is 10.3. The van der Waals surface area contributed by atoms with Crippen molar-refractivity contribution in [3.05, 3.63) is 28.8 Å². The Morgan fingerprint density at radius 3 is 2.18 bits per heavy atom. The van der Waals surface area contributed by atoms with Crippen molar-refractivity contribution in [3.8, 4) is 5.75 Å². The lowest BCUT2D eigenvalue weighted by atomic mass is 9.78. The summed E-state index contributed by atoms with van der Waals surface area (Å²) in [6.07, 6.45) is 5.26. The van der Waals surface area contributed by atoms with Crippen molar-refractivity contribution < 1.29 is 14.6 Å². The number of ether oxygens (including phenoxy) is 1. The second-order valence-corrected chi connectivity index (χ2v) is 10.5. The lowest BCUT2D eigenvalue weighted by Gasteiger charge is -2.27. The third-order valence-electron chi connectivity index (χ3n) is 5.15. The zero-order valence-corrected chi connectivity index (χ0v) is 19.4. The highest BCUT2D eigenvalue weighted by molar-refractivity contribution is 5.70. The van der Waals surface area contributed by atoms with Crippen LogP contribution in [0.2, 0.25) is 0 Å². The molecule has 0 atom stereocenters. The number of esters is 1. The number of carbonyl (C=O) groups excluding carboxylic acids is 1. The molecule has 1 N–H and O–H groups in total. The van der Waals surface area contributed by atoms with Gasteiger partial charge in [0.25, 0.3) is 0 Å². The number of benzene rings is 1. The first-order valence-corrected chi connectivity index (χ1v) is 10.8. The largest absolute Gasteiger partial charge is 0.507 e. The summed E-state index contributed by atoms with van der Waals surface area (Å²) in [5, 5.41) is 10.8. The average Bonchev–Trinajstić information content (AvgIpc) is 2.54. The van der Waals surface area contributed by atoms with Gasteiger partial charge in [-0.2, -0.15) is 0 Å². The molecule has 3 heteroatoms. The van der Waals surface area contributed by atoms with E-state index in [2.05, 4.69) is 61.5 Å². The van der Waals surface area contributed by atoms with Gasteiger partial charge in [0, 0.05) is 6.42 Å². The Hall–Kier alpha value is -1.51. The van der Waals surface area contributed by atoms with E-state index in [0.717, 1.165) is 29.9 Å². The van der Waals surface area contributed by atoms with Crippen molar-refractivity contribution in [3.63, 3.8) is 0 Å². The summed E-state index contributed by atoms with van der Waals surface area (Å²) in [6.45, 7) is 17.8. The SMILES string of the molecule is CC(C)CCCCCOC(=O)CCc1cc(C(C)(C)C)cc(C(C)(C)C)c1O. The molecule has 0 fully saturated rings. The number of hydrogen-bond donors (Lipinski definition) is 1. The first-order valence-electron chi connectivity index (χ1n) is 10.8. The highest BCUT2D eigenvalue weighted by Gasteiger charge is 2.25. The molecule has 0 aliphatic rings. The van der Waals surface area contributed by atoms with Crippen LogP contribution >= 0.6 is 0 Å². The molecule has 0 aliphatic heterocycles. The fourth-order valence-corrected chi connectivity index (χ4v) is 3.22. The first kappa shape index (κ1) is 24.5. The van der Waals surface area contributed by atoms with Gasteiger partial charge in [0.05, 0.1) is 6.61 Å². The van der Waals surface area contributed by atoms with Crippen LogP contribution in [0.15, 0.2) is 12.1 Å². The molecule has 160 valence electrons. The van der Waals surface area contributed by atoms with E-state index in [9.17, 15) is 9.90 Å². The fourth-order valence-electron chi connectivity index (χ4n) is 3.22. The summed E-state index contributed by atoms with van der Waals surface area (Å²) < 4.78 is 5.39. The number of hydrogen-bond acceptors (Lipinski definition) is 3. The minimum Gasteiger partial charge on any atom is -0.507 e. The lowest BCUT2D eigenvalue weighted by molar-refractivity contribution is -0.143. The highest BCUT2D eigenvalue weighted by atomic mass is 16.5. The van der Waals surface area contributed by atoms with Gasteiger partial charge in [-0.05, 0) is 46.3 Å². The van der Waals surface area contributed by atoms with E-state index in [-0.39, 0.29) is 16.8 Å². The molecule has 0 spiro atoms. The van der Waals surface area contributed by atoms with Gasteiger partial charge in [-0.1, -0.05) is 86.8 Å². The predicted octanol–water partition coefficient (Wildman–Crippen LogP) is 6.68. The molecule has 0 heterocycles. The van der Waals surface area contributed by atoms with E-state index in [1.165, 1.54) is 18.4 Å². The van der Waals surface area contributed by atoms with Crippen LogP contribution in [-0.2, 0) is 26.8 Å². The summed E-state index contributed by atoms with van der Waals surface area (Å²) in [7, 11) is 0. The summed E-state index contributed by atoms with van der Waals surface area (Å²) in [4.78, 5) is 12.1. The molecule has 1 rings (SSSR count). The van der Waals surface area contributed by atoms with E-state index < -0.39 is 0 Å². The van der Waals surface area contributed by atoms with E-state index >= 15 is 0 Å². The number of carbonyl (C=O) groups is 1. The Labute approximate surface area is 172 Å². The molecule has 0 saturated heterocycles. The molecule has 0 bridgehead atoms. The third-order valence-corrected chi connectivity index (χ3v) is 5.15. The summed E-state index contributed by atoms with van der Waals surface area (Å²) in [5.41, 5.74) is 2.79.